The Morgan fingerprint density at radius 1 is 1.30 bits per heavy atom. The standard InChI is InChI=1S/C21H31NO5/c1-3-25-13-14-26-19-7-12-27-21(16-19)8-10-22(11-9-21)20(23)17-5-4-6-18(15-17)24-2/h4-6,15,19H,3,7-14,16H2,1-2H3. The van der Waals surface area contributed by atoms with Crippen molar-refractivity contribution in [2.45, 2.75) is 44.3 Å². The van der Waals surface area contributed by atoms with Gasteiger partial charge in [-0.3, -0.25) is 4.79 Å². The first-order valence-electron chi connectivity index (χ1n) is 9.92. The van der Waals surface area contributed by atoms with Crippen molar-refractivity contribution in [1.82, 2.24) is 4.90 Å². The van der Waals surface area contributed by atoms with Gasteiger partial charge < -0.3 is 23.8 Å². The largest absolute Gasteiger partial charge is 0.497 e. The lowest BCUT2D eigenvalue weighted by Gasteiger charge is -2.46. The maximum absolute atomic E-state index is 12.8. The van der Waals surface area contributed by atoms with Crippen molar-refractivity contribution >= 4 is 5.91 Å². The summed E-state index contributed by atoms with van der Waals surface area (Å²) in [5, 5.41) is 0. The normalized spacial score (nSPS) is 22.0. The summed E-state index contributed by atoms with van der Waals surface area (Å²) in [5.41, 5.74) is 0.520. The summed E-state index contributed by atoms with van der Waals surface area (Å²) in [6, 6.07) is 7.34. The summed E-state index contributed by atoms with van der Waals surface area (Å²) < 4.78 is 22.7. The number of benzene rings is 1. The Morgan fingerprint density at radius 3 is 2.85 bits per heavy atom. The van der Waals surface area contributed by atoms with Crippen molar-refractivity contribution in [3.8, 4) is 5.75 Å². The first kappa shape index (κ1) is 20.1. The summed E-state index contributed by atoms with van der Waals surface area (Å²) in [6.45, 7) is 6.13. The van der Waals surface area contributed by atoms with Crippen LogP contribution in [-0.2, 0) is 14.2 Å². The molecular formula is C21H31NO5. The lowest BCUT2D eigenvalue weighted by atomic mass is 9.83. The molecule has 3 rings (SSSR count). The van der Waals surface area contributed by atoms with E-state index in [1.54, 1.807) is 13.2 Å². The Hall–Kier alpha value is -1.63. The highest BCUT2D eigenvalue weighted by Gasteiger charge is 2.41. The molecule has 2 saturated heterocycles. The predicted molar refractivity (Wildman–Crippen MR) is 102 cm³/mol. The van der Waals surface area contributed by atoms with Crippen LogP contribution < -0.4 is 4.74 Å². The number of ether oxygens (including phenoxy) is 4. The number of likely N-dealkylation sites (tertiary alicyclic amines) is 1. The molecule has 27 heavy (non-hydrogen) atoms. The number of carbonyl (C=O) groups is 1. The Labute approximate surface area is 161 Å². The Kier molecular flexibility index (Phi) is 7.10. The van der Waals surface area contributed by atoms with E-state index < -0.39 is 0 Å². The average molecular weight is 377 g/mol. The molecule has 2 aliphatic rings. The predicted octanol–water partition coefficient (Wildman–Crippen LogP) is 2.90. The van der Waals surface area contributed by atoms with Crippen LogP contribution in [0.15, 0.2) is 24.3 Å². The number of methoxy groups -OCH3 is 1. The van der Waals surface area contributed by atoms with Gasteiger partial charge >= 0.3 is 0 Å². The molecule has 1 unspecified atom stereocenters. The minimum Gasteiger partial charge on any atom is -0.497 e. The fourth-order valence-electron chi connectivity index (χ4n) is 3.95. The maximum Gasteiger partial charge on any atom is 0.253 e. The summed E-state index contributed by atoms with van der Waals surface area (Å²) >= 11 is 0. The third-order valence-electron chi connectivity index (χ3n) is 5.51. The molecule has 0 saturated carbocycles. The number of hydrogen-bond donors (Lipinski definition) is 0. The van der Waals surface area contributed by atoms with Gasteiger partial charge in [-0.2, -0.15) is 0 Å². The molecule has 1 amide bonds. The van der Waals surface area contributed by atoms with Crippen molar-refractivity contribution in [2.75, 3.05) is 46.6 Å². The van der Waals surface area contributed by atoms with E-state index in [2.05, 4.69) is 0 Å². The molecule has 1 aromatic rings. The SMILES string of the molecule is CCOCCOC1CCOC2(CCN(C(=O)c3cccc(OC)c3)CC2)C1. The molecule has 0 N–H and O–H groups in total. The second kappa shape index (κ2) is 9.53. The lowest BCUT2D eigenvalue weighted by Crippen LogP contribution is -2.52. The molecule has 2 fully saturated rings. The van der Waals surface area contributed by atoms with Crippen LogP contribution in [0.25, 0.3) is 0 Å². The second-order valence-corrected chi connectivity index (χ2v) is 7.24. The molecule has 6 nitrogen and oxygen atoms in total. The smallest absolute Gasteiger partial charge is 0.253 e. The highest BCUT2D eigenvalue weighted by atomic mass is 16.5. The van der Waals surface area contributed by atoms with Crippen molar-refractivity contribution in [3.05, 3.63) is 29.8 Å². The van der Waals surface area contributed by atoms with Gasteiger partial charge in [-0.05, 0) is 44.4 Å². The summed E-state index contributed by atoms with van der Waals surface area (Å²) in [5.74, 6) is 0.765. The molecule has 150 valence electrons. The Bertz CT molecular complexity index is 612. The van der Waals surface area contributed by atoms with Gasteiger partial charge in [0.15, 0.2) is 0 Å². The molecule has 6 heteroatoms. The summed E-state index contributed by atoms with van der Waals surface area (Å²) in [4.78, 5) is 14.7. The average Bonchev–Trinajstić information content (AvgIpc) is 2.71. The van der Waals surface area contributed by atoms with E-state index in [-0.39, 0.29) is 17.6 Å². The Morgan fingerprint density at radius 2 is 2.11 bits per heavy atom. The van der Waals surface area contributed by atoms with E-state index in [1.807, 2.05) is 30.0 Å². The van der Waals surface area contributed by atoms with Crippen LogP contribution in [0.2, 0.25) is 0 Å². The minimum absolute atomic E-state index is 0.0593. The van der Waals surface area contributed by atoms with Crippen LogP contribution in [0.3, 0.4) is 0 Å². The maximum atomic E-state index is 12.8. The summed E-state index contributed by atoms with van der Waals surface area (Å²) in [7, 11) is 1.61. The van der Waals surface area contributed by atoms with Gasteiger partial charge in [-0.1, -0.05) is 6.07 Å². The van der Waals surface area contributed by atoms with Gasteiger partial charge in [0.1, 0.15) is 5.75 Å². The molecule has 0 radical (unpaired) electrons. The first-order chi connectivity index (χ1) is 13.2. The fourth-order valence-corrected chi connectivity index (χ4v) is 3.95. The molecule has 0 aliphatic carbocycles. The van der Waals surface area contributed by atoms with Gasteiger partial charge in [0.2, 0.25) is 0 Å². The molecule has 0 bridgehead atoms. The lowest BCUT2D eigenvalue weighted by molar-refractivity contribution is -0.155. The minimum atomic E-state index is -0.153. The van der Waals surface area contributed by atoms with Gasteiger partial charge in [0.05, 0.1) is 32.0 Å². The third kappa shape index (κ3) is 5.21. The summed E-state index contributed by atoms with van der Waals surface area (Å²) in [6.07, 6.45) is 3.77. The van der Waals surface area contributed by atoms with E-state index >= 15 is 0 Å². The number of amides is 1. The Balaban J connectivity index is 1.52. The van der Waals surface area contributed by atoms with Gasteiger partial charge in [0.25, 0.3) is 5.91 Å². The van der Waals surface area contributed by atoms with E-state index in [9.17, 15) is 4.79 Å². The van der Waals surface area contributed by atoms with Crippen LogP contribution in [0.5, 0.6) is 5.75 Å². The molecule has 1 spiro atoms. The highest BCUT2D eigenvalue weighted by molar-refractivity contribution is 5.94. The van der Waals surface area contributed by atoms with Gasteiger partial charge in [0, 0.05) is 38.3 Å². The molecule has 1 atom stereocenters. The van der Waals surface area contributed by atoms with Crippen LogP contribution >= 0.6 is 0 Å². The van der Waals surface area contributed by atoms with Crippen molar-refractivity contribution in [3.63, 3.8) is 0 Å². The van der Waals surface area contributed by atoms with Gasteiger partial charge in [-0.25, -0.2) is 0 Å². The second-order valence-electron chi connectivity index (χ2n) is 7.24. The number of piperidine rings is 1. The number of nitrogens with zero attached hydrogens (tertiary/aromatic N) is 1. The molecule has 0 aromatic heterocycles. The van der Waals surface area contributed by atoms with E-state index in [4.69, 9.17) is 18.9 Å². The molecular weight excluding hydrogens is 346 g/mol. The molecule has 2 aliphatic heterocycles. The van der Waals surface area contributed by atoms with E-state index in [0.29, 0.717) is 37.6 Å². The zero-order valence-corrected chi connectivity index (χ0v) is 16.4. The molecule has 2 heterocycles. The zero-order chi connectivity index (χ0) is 19.1. The van der Waals surface area contributed by atoms with Crippen molar-refractivity contribution in [1.29, 1.82) is 0 Å². The highest BCUT2D eigenvalue weighted by Crippen LogP contribution is 2.36. The quantitative estimate of drug-likeness (QED) is 0.684. The number of rotatable bonds is 7. The van der Waals surface area contributed by atoms with E-state index in [0.717, 1.165) is 38.9 Å². The van der Waals surface area contributed by atoms with Crippen LogP contribution in [0, 0.1) is 0 Å². The first-order valence-corrected chi connectivity index (χ1v) is 9.92. The monoisotopic (exact) mass is 377 g/mol. The number of hydrogen-bond acceptors (Lipinski definition) is 5. The van der Waals surface area contributed by atoms with Crippen LogP contribution in [-0.4, -0.2) is 69.1 Å². The fraction of sp³-hybridized carbons (Fsp3) is 0.667. The van der Waals surface area contributed by atoms with Crippen LogP contribution in [0.1, 0.15) is 43.0 Å². The van der Waals surface area contributed by atoms with Crippen molar-refractivity contribution < 1.29 is 23.7 Å². The van der Waals surface area contributed by atoms with Crippen molar-refractivity contribution in [2.24, 2.45) is 0 Å². The topological polar surface area (TPSA) is 57.2 Å². The molecule has 1 aromatic carbocycles. The zero-order valence-electron chi connectivity index (χ0n) is 16.4. The van der Waals surface area contributed by atoms with Gasteiger partial charge in [-0.15, -0.1) is 0 Å². The number of carbonyl (C=O) groups excluding carboxylic acids is 1. The third-order valence-corrected chi connectivity index (χ3v) is 5.51. The van der Waals surface area contributed by atoms with Crippen LogP contribution in [0.4, 0.5) is 0 Å². The van der Waals surface area contributed by atoms with E-state index in [1.165, 1.54) is 0 Å².